The summed E-state index contributed by atoms with van der Waals surface area (Å²) < 4.78 is 0. The summed E-state index contributed by atoms with van der Waals surface area (Å²) in [5.74, 6) is 0. The molecule has 2 aromatic carbocycles. The molecule has 0 aromatic heterocycles. The van der Waals surface area contributed by atoms with Gasteiger partial charge in [0.1, 0.15) is 0 Å². The van der Waals surface area contributed by atoms with E-state index >= 15 is 0 Å². The molecule has 0 aliphatic carbocycles. The second-order valence-electron chi connectivity index (χ2n) is 8.23. The van der Waals surface area contributed by atoms with Crippen LogP contribution in [-0.2, 0) is 10.8 Å². The lowest BCUT2D eigenvalue weighted by Gasteiger charge is -2.18. The monoisotopic (exact) mass is 320 g/mol. The van der Waals surface area contributed by atoms with Crippen LogP contribution in [0.5, 0.6) is 0 Å². The van der Waals surface area contributed by atoms with E-state index in [0.717, 1.165) is 11.1 Å². The quantitative estimate of drug-likeness (QED) is 0.509. The Kier molecular flexibility index (Phi) is 5.38. The van der Waals surface area contributed by atoms with Crippen LogP contribution in [0.3, 0.4) is 0 Å². The summed E-state index contributed by atoms with van der Waals surface area (Å²) in [6, 6.07) is 16.9. The average Bonchev–Trinajstić information content (AvgIpc) is 2.51. The Labute approximate surface area is 146 Å². The molecule has 0 bridgehead atoms. The summed E-state index contributed by atoms with van der Waals surface area (Å²) in [6.07, 6.45) is 3.57. The van der Waals surface area contributed by atoms with Crippen LogP contribution in [-0.4, -0.2) is 12.4 Å². The number of nitrogens with zero attached hydrogens (tertiary/aromatic N) is 2. The van der Waals surface area contributed by atoms with Gasteiger partial charge in [0.05, 0.1) is 12.4 Å². The maximum Gasteiger partial charge on any atom is 0.0568 e. The van der Waals surface area contributed by atoms with Gasteiger partial charge in [-0.3, -0.25) is 0 Å². The summed E-state index contributed by atoms with van der Waals surface area (Å²) >= 11 is 0. The lowest BCUT2D eigenvalue weighted by Crippen LogP contribution is -2.10. The molecule has 0 heterocycles. The molecule has 0 fully saturated rings. The van der Waals surface area contributed by atoms with Crippen molar-refractivity contribution in [2.75, 3.05) is 0 Å². The Morgan fingerprint density at radius 2 is 0.833 bits per heavy atom. The molecule has 0 N–H and O–H groups in total. The van der Waals surface area contributed by atoms with Crippen LogP contribution in [0.15, 0.2) is 58.7 Å². The number of benzene rings is 2. The third kappa shape index (κ3) is 5.16. The van der Waals surface area contributed by atoms with E-state index in [4.69, 9.17) is 0 Å². The van der Waals surface area contributed by atoms with Crippen LogP contribution in [0.25, 0.3) is 0 Å². The average molecular weight is 320 g/mol. The van der Waals surface area contributed by atoms with Crippen molar-refractivity contribution in [2.24, 2.45) is 10.2 Å². The predicted octanol–water partition coefficient (Wildman–Crippen LogP) is 5.73. The molecule has 24 heavy (non-hydrogen) atoms. The van der Waals surface area contributed by atoms with Crippen molar-refractivity contribution in [1.29, 1.82) is 0 Å². The van der Waals surface area contributed by atoms with Gasteiger partial charge >= 0.3 is 0 Å². The summed E-state index contributed by atoms with van der Waals surface area (Å²) in [6.45, 7) is 13.3. The first-order chi connectivity index (χ1) is 11.2. The minimum atomic E-state index is 0.174. The first-order valence-electron chi connectivity index (χ1n) is 8.44. The van der Waals surface area contributed by atoms with Crippen molar-refractivity contribution in [2.45, 2.75) is 52.4 Å². The van der Waals surface area contributed by atoms with E-state index in [1.165, 1.54) is 11.1 Å². The van der Waals surface area contributed by atoms with Crippen molar-refractivity contribution >= 4 is 12.4 Å². The second-order valence-corrected chi connectivity index (χ2v) is 8.23. The molecule has 2 rings (SSSR count). The van der Waals surface area contributed by atoms with Crippen LogP contribution in [0.1, 0.15) is 63.8 Å². The highest BCUT2D eigenvalue weighted by Crippen LogP contribution is 2.22. The second kappa shape index (κ2) is 7.12. The molecule has 0 aliphatic heterocycles. The molecule has 0 spiro atoms. The van der Waals surface area contributed by atoms with Crippen molar-refractivity contribution < 1.29 is 0 Å². The highest BCUT2D eigenvalue weighted by atomic mass is 15.2. The highest BCUT2D eigenvalue weighted by Gasteiger charge is 2.13. The van der Waals surface area contributed by atoms with Crippen molar-refractivity contribution in [3.8, 4) is 0 Å². The molecule has 0 saturated carbocycles. The zero-order valence-electron chi connectivity index (χ0n) is 15.7. The van der Waals surface area contributed by atoms with Gasteiger partial charge in [0, 0.05) is 0 Å². The molecule has 0 unspecified atom stereocenters. The van der Waals surface area contributed by atoms with Gasteiger partial charge < -0.3 is 0 Å². The Bertz CT molecular complexity index is 641. The molecular formula is C22H28N2. The fourth-order valence-electron chi connectivity index (χ4n) is 2.34. The first-order valence-corrected chi connectivity index (χ1v) is 8.44. The fraction of sp³-hybridized carbons (Fsp3) is 0.364. The van der Waals surface area contributed by atoms with Gasteiger partial charge in [-0.1, -0.05) is 90.1 Å². The van der Waals surface area contributed by atoms with Gasteiger partial charge in [-0.05, 0) is 33.1 Å². The smallest absolute Gasteiger partial charge is 0.0568 e. The van der Waals surface area contributed by atoms with Crippen molar-refractivity contribution in [1.82, 2.24) is 0 Å². The van der Waals surface area contributed by atoms with E-state index in [9.17, 15) is 0 Å². The zero-order valence-corrected chi connectivity index (χ0v) is 15.7. The molecule has 126 valence electrons. The van der Waals surface area contributed by atoms with Gasteiger partial charge in [0.2, 0.25) is 0 Å². The minimum absolute atomic E-state index is 0.174. The van der Waals surface area contributed by atoms with Gasteiger partial charge in [-0.2, -0.15) is 10.2 Å². The fourth-order valence-corrected chi connectivity index (χ4v) is 2.34. The Morgan fingerprint density at radius 3 is 1.08 bits per heavy atom. The molecule has 0 aliphatic rings. The van der Waals surface area contributed by atoms with Crippen molar-refractivity contribution in [3.63, 3.8) is 0 Å². The number of hydrogen-bond donors (Lipinski definition) is 0. The van der Waals surface area contributed by atoms with Crippen LogP contribution in [0.4, 0.5) is 0 Å². The van der Waals surface area contributed by atoms with Crippen LogP contribution in [0.2, 0.25) is 0 Å². The van der Waals surface area contributed by atoms with E-state index < -0.39 is 0 Å². The molecule has 2 nitrogen and oxygen atoms in total. The van der Waals surface area contributed by atoms with E-state index in [0.29, 0.717) is 0 Å². The topological polar surface area (TPSA) is 24.7 Å². The van der Waals surface area contributed by atoms with E-state index in [-0.39, 0.29) is 10.8 Å². The SMILES string of the molecule is CC(C)(C)c1ccc(C=NN=Cc2ccc(C(C)(C)C)cc2)cc1. The van der Waals surface area contributed by atoms with Gasteiger partial charge in [0.25, 0.3) is 0 Å². The molecule has 2 heteroatoms. The summed E-state index contributed by atoms with van der Waals surface area (Å²) in [5.41, 5.74) is 5.11. The first kappa shape index (κ1) is 18.1. The Hall–Kier alpha value is -2.22. The van der Waals surface area contributed by atoms with Crippen LogP contribution in [0, 0.1) is 0 Å². The molecule has 0 amide bonds. The standard InChI is InChI=1S/C22H28N2/c1-21(2,3)19-11-7-17(8-12-19)15-23-24-16-18-9-13-20(14-10-18)22(4,5)6/h7-16H,1-6H3. The van der Waals surface area contributed by atoms with Crippen LogP contribution >= 0.6 is 0 Å². The normalized spacial score (nSPS) is 13.1. The lowest BCUT2D eigenvalue weighted by molar-refractivity contribution is 0.590. The molecule has 2 aromatic rings. The Balaban J connectivity index is 1.99. The zero-order chi connectivity index (χ0) is 17.8. The summed E-state index contributed by atoms with van der Waals surface area (Å²) in [4.78, 5) is 0. The predicted molar refractivity (Wildman–Crippen MR) is 105 cm³/mol. The number of rotatable bonds is 3. The number of hydrogen-bond acceptors (Lipinski definition) is 2. The van der Waals surface area contributed by atoms with Crippen molar-refractivity contribution in [3.05, 3.63) is 70.8 Å². The van der Waals surface area contributed by atoms with Gasteiger partial charge in [0.15, 0.2) is 0 Å². The third-order valence-electron chi connectivity index (χ3n) is 4.03. The minimum Gasteiger partial charge on any atom is -0.159 e. The Morgan fingerprint density at radius 1 is 0.542 bits per heavy atom. The maximum atomic E-state index is 4.14. The summed E-state index contributed by atoms with van der Waals surface area (Å²) in [5, 5.41) is 8.29. The van der Waals surface area contributed by atoms with E-state index in [1.807, 2.05) is 0 Å². The lowest BCUT2D eigenvalue weighted by atomic mass is 9.87. The van der Waals surface area contributed by atoms with Gasteiger partial charge in [-0.25, -0.2) is 0 Å². The maximum absolute atomic E-state index is 4.14. The molecular weight excluding hydrogens is 292 g/mol. The summed E-state index contributed by atoms with van der Waals surface area (Å²) in [7, 11) is 0. The van der Waals surface area contributed by atoms with E-state index in [1.54, 1.807) is 12.4 Å². The van der Waals surface area contributed by atoms with Gasteiger partial charge in [-0.15, -0.1) is 0 Å². The highest BCUT2D eigenvalue weighted by molar-refractivity contribution is 5.82. The molecule has 0 saturated heterocycles. The largest absolute Gasteiger partial charge is 0.159 e. The third-order valence-corrected chi connectivity index (χ3v) is 4.03. The molecule has 0 radical (unpaired) electrons. The van der Waals surface area contributed by atoms with Crippen LogP contribution < -0.4 is 0 Å². The molecule has 0 atom stereocenters. The van der Waals surface area contributed by atoms with E-state index in [2.05, 4.69) is 100 Å².